The average molecular weight is 237 g/mol. The Balaban J connectivity index is 2.74. The van der Waals surface area contributed by atoms with E-state index in [0.29, 0.717) is 0 Å². The van der Waals surface area contributed by atoms with Gasteiger partial charge >= 0.3 is 0 Å². The Labute approximate surface area is 104 Å². The van der Waals surface area contributed by atoms with E-state index in [9.17, 15) is 0 Å². The standard InChI is InChI=1S/C13H23N3O/c1-5-6-15-11(9-13(2,3)17-4)12-10-14-7-8-16-12/h7-8,10-11,15H,5-6,9H2,1-4H3. The van der Waals surface area contributed by atoms with E-state index in [2.05, 4.69) is 36.1 Å². The third-order valence-corrected chi connectivity index (χ3v) is 2.83. The first-order valence-electron chi connectivity index (χ1n) is 6.13. The third kappa shape index (κ3) is 4.79. The van der Waals surface area contributed by atoms with Crippen molar-refractivity contribution in [3.63, 3.8) is 0 Å². The van der Waals surface area contributed by atoms with Crippen molar-refractivity contribution in [2.24, 2.45) is 0 Å². The lowest BCUT2D eigenvalue weighted by Gasteiger charge is -2.28. The number of ether oxygens (including phenoxy) is 1. The first-order chi connectivity index (χ1) is 8.09. The maximum atomic E-state index is 5.48. The van der Waals surface area contributed by atoms with Crippen molar-refractivity contribution in [2.75, 3.05) is 13.7 Å². The first kappa shape index (κ1) is 14.1. The molecule has 1 unspecified atom stereocenters. The molecule has 1 aromatic rings. The summed E-state index contributed by atoms with van der Waals surface area (Å²) < 4.78 is 5.48. The van der Waals surface area contributed by atoms with Crippen LogP contribution in [0.15, 0.2) is 18.6 Å². The molecule has 0 bridgehead atoms. The normalized spacial score (nSPS) is 13.6. The van der Waals surface area contributed by atoms with Gasteiger partial charge in [0.25, 0.3) is 0 Å². The van der Waals surface area contributed by atoms with Gasteiger partial charge < -0.3 is 10.1 Å². The minimum atomic E-state index is -0.164. The van der Waals surface area contributed by atoms with E-state index in [-0.39, 0.29) is 11.6 Å². The van der Waals surface area contributed by atoms with Gasteiger partial charge in [-0.15, -0.1) is 0 Å². The number of nitrogens with zero attached hydrogens (tertiary/aromatic N) is 2. The van der Waals surface area contributed by atoms with E-state index in [4.69, 9.17) is 4.74 Å². The van der Waals surface area contributed by atoms with Crippen LogP contribution in [-0.2, 0) is 4.74 Å². The SMILES string of the molecule is CCCNC(CC(C)(C)OC)c1cnccn1. The summed E-state index contributed by atoms with van der Waals surface area (Å²) in [4.78, 5) is 8.50. The topological polar surface area (TPSA) is 47.0 Å². The largest absolute Gasteiger partial charge is 0.379 e. The summed E-state index contributed by atoms with van der Waals surface area (Å²) in [6.07, 6.45) is 7.23. The lowest BCUT2D eigenvalue weighted by molar-refractivity contribution is 0.00647. The van der Waals surface area contributed by atoms with Gasteiger partial charge in [-0.25, -0.2) is 0 Å². The zero-order chi connectivity index (χ0) is 12.7. The smallest absolute Gasteiger partial charge is 0.0757 e. The van der Waals surface area contributed by atoms with Gasteiger partial charge in [0, 0.05) is 25.7 Å². The Morgan fingerprint density at radius 1 is 1.41 bits per heavy atom. The molecule has 4 nitrogen and oxygen atoms in total. The van der Waals surface area contributed by atoms with Crippen LogP contribution in [0.4, 0.5) is 0 Å². The molecule has 1 aromatic heterocycles. The summed E-state index contributed by atoms with van der Waals surface area (Å²) in [6.45, 7) is 7.30. The molecule has 0 fully saturated rings. The number of methoxy groups -OCH3 is 1. The van der Waals surface area contributed by atoms with Gasteiger partial charge in [-0.3, -0.25) is 9.97 Å². The summed E-state index contributed by atoms with van der Waals surface area (Å²) in [7, 11) is 1.74. The molecule has 4 heteroatoms. The third-order valence-electron chi connectivity index (χ3n) is 2.83. The van der Waals surface area contributed by atoms with Crippen molar-refractivity contribution >= 4 is 0 Å². The van der Waals surface area contributed by atoms with Crippen LogP contribution in [0.2, 0.25) is 0 Å². The van der Waals surface area contributed by atoms with E-state index < -0.39 is 0 Å². The van der Waals surface area contributed by atoms with Crippen LogP contribution in [0.3, 0.4) is 0 Å². The fourth-order valence-electron chi connectivity index (χ4n) is 1.67. The minimum Gasteiger partial charge on any atom is -0.379 e. The Morgan fingerprint density at radius 3 is 2.71 bits per heavy atom. The second-order valence-electron chi connectivity index (χ2n) is 4.80. The molecule has 1 atom stereocenters. The van der Waals surface area contributed by atoms with E-state index in [1.807, 2.05) is 6.20 Å². The molecule has 0 aromatic carbocycles. The number of hydrogen-bond donors (Lipinski definition) is 1. The number of nitrogens with one attached hydrogen (secondary N) is 1. The van der Waals surface area contributed by atoms with Gasteiger partial charge in [0.05, 0.1) is 17.3 Å². The predicted octanol–water partition coefficient (Wildman–Crippen LogP) is 2.33. The molecule has 0 radical (unpaired) electrons. The van der Waals surface area contributed by atoms with Crippen molar-refractivity contribution in [2.45, 2.75) is 45.3 Å². The Kier molecular flexibility index (Phi) is 5.51. The lowest BCUT2D eigenvalue weighted by Crippen LogP contribution is -2.33. The second-order valence-corrected chi connectivity index (χ2v) is 4.80. The number of rotatable bonds is 7. The average Bonchev–Trinajstić information content (AvgIpc) is 2.35. The molecule has 0 spiro atoms. The zero-order valence-electron chi connectivity index (χ0n) is 11.2. The molecule has 0 aliphatic rings. The van der Waals surface area contributed by atoms with Crippen LogP contribution in [-0.4, -0.2) is 29.2 Å². The van der Waals surface area contributed by atoms with Crippen LogP contribution >= 0.6 is 0 Å². The lowest BCUT2D eigenvalue weighted by atomic mass is 9.96. The van der Waals surface area contributed by atoms with Crippen molar-refractivity contribution in [1.29, 1.82) is 0 Å². The highest BCUT2D eigenvalue weighted by Gasteiger charge is 2.24. The van der Waals surface area contributed by atoms with Crippen molar-refractivity contribution < 1.29 is 4.74 Å². The highest BCUT2D eigenvalue weighted by molar-refractivity contribution is 5.03. The molecular weight excluding hydrogens is 214 g/mol. The van der Waals surface area contributed by atoms with E-state index >= 15 is 0 Å². The van der Waals surface area contributed by atoms with Crippen molar-refractivity contribution in [3.8, 4) is 0 Å². The highest BCUT2D eigenvalue weighted by Crippen LogP contribution is 2.24. The van der Waals surface area contributed by atoms with E-state index in [0.717, 1.165) is 25.1 Å². The van der Waals surface area contributed by atoms with Crippen molar-refractivity contribution in [1.82, 2.24) is 15.3 Å². The van der Waals surface area contributed by atoms with Crippen LogP contribution in [0.1, 0.15) is 45.3 Å². The van der Waals surface area contributed by atoms with E-state index in [1.54, 1.807) is 19.5 Å². The quantitative estimate of drug-likeness (QED) is 0.790. The Morgan fingerprint density at radius 2 is 2.18 bits per heavy atom. The second kappa shape index (κ2) is 6.67. The molecule has 1 rings (SSSR count). The van der Waals surface area contributed by atoms with Gasteiger partial charge in [0.2, 0.25) is 0 Å². The zero-order valence-corrected chi connectivity index (χ0v) is 11.2. The minimum absolute atomic E-state index is 0.164. The van der Waals surface area contributed by atoms with Crippen molar-refractivity contribution in [3.05, 3.63) is 24.3 Å². The monoisotopic (exact) mass is 237 g/mol. The maximum Gasteiger partial charge on any atom is 0.0757 e. The summed E-state index contributed by atoms with van der Waals surface area (Å²) in [5.41, 5.74) is 0.814. The fraction of sp³-hybridized carbons (Fsp3) is 0.692. The van der Waals surface area contributed by atoms with Gasteiger partial charge in [-0.2, -0.15) is 0 Å². The number of hydrogen-bond acceptors (Lipinski definition) is 4. The van der Waals surface area contributed by atoms with Crippen LogP contribution < -0.4 is 5.32 Å². The summed E-state index contributed by atoms with van der Waals surface area (Å²) in [6, 6.07) is 0.193. The molecule has 1 N–H and O–H groups in total. The predicted molar refractivity (Wildman–Crippen MR) is 68.8 cm³/mol. The molecular formula is C13H23N3O. The molecule has 96 valence electrons. The van der Waals surface area contributed by atoms with Crippen LogP contribution in [0.5, 0.6) is 0 Å². The molecule has 0 saturated carbocycles. The van der Waals surface area contributed by atoms with E-state index in [1.165, 1.54) is 0 Å². The molecule has 0 saturated heterocycles. The summed E-state index contributed by atoms with van der Waals surface area (Å²) in [5, 5.41) is 3.49. The maximum absolute atomic E-state index is 5.48. The van der Waals surface area contributed by atoms with Crippen LogP contribution in [0, 0.1) is 0 Å². The fourth-order valence-corrected chi connectivity index (χ4v) is 1.67. The molecule has 0 aliphatic carbocycles. The van der Waals surface area contributed by atoms with Gasteiger partial charge in [0.15, 0.2) is 0 Å². The first-order valence-corrected chi connectivity index (χ1v) is 6.13. The summed E-state index contributed by atoms with van der Waals surface area (Å²) in [5.74, 6) is 0. The van der Waals surface area contributed by atoms with Gasteiger partial charge in [0.1, 0.15) is 0 Å². The number of aromatic nitrogens is 2. The molecule has 17 heavy (non-hydrogen) atoms. The van der Waals surface area contributed by atoms with Crippen LogP contribution in [0.25, 0.3) is 0 Å². The molecule has 1 heterocycles. The molecule has 0 amide bonds. The summed E-state index contributed by atoms with van der Waals surface area (Å²) >= 11 is 0. The Bertz CT molecular complexity index is 314. The van der Waals surface area contributed by atoms with Gasteiger partial charge in [-0.05, 0) is 33.2 Å². The Hall–Kier alpha value is -1.00. The highest BCUT2D eigenvalue weighted by atomic mass is 16.5. The van der Waals surface area contributed by atoms with Gasteiger partial charge in [-0.1, -0.05) is 6.92 Å². The molecule has 0 aliphatic heterocycles.